The molecule has 0 spiro atoms. The number of hydrogen-bond donors (Lipinski definition) is 2. The lowest BCUT2D eigenvalue weighted by Gasteiger charge is -2.22. The van der Waals surface area contributed by atoms with E-state index in [4.69, 9.17) is 5.84 Å². The van der Waals surface area contributed by atoms with Gasteiger partial charge in [-0.2, -0.15) is 0 Å². The highest BCUT2D eigenvalue weighted by atomic mass is 16.1. The van der Waals surface area contributed by atoms with Crippen LogP contribution in [0.4, 0.5) is 0 Å². The molecule has 150 valence electrons. The third-order valence-corrected chi connectivity index (χ3v) is 4.91. The second kappa shape index (κ2) is 9.85. The largest absolute Gasteiger partial charge is 0.353 e. The minimum absolute atomic E-state index is 0.131. The number of hydrogen-bond acceptors (Lipinski definition) is 5. The molecule has 0 fully saturated rings. The number of carbonyl (C=O) groups excluding carboxylic acids is 1. The van der Waals surface area contributed by atoms with Gasteiger partial charge < -0.3 is 5.32 Å². The van der Waals surface area contributed by atoms with E-state index in [9.17, 15) is 4.79 Å². The van der Waals surface area contributed by atoms with Crippen LogP contribution in [0.15, 0.2) is 65.7 Å². The van der Waals surface area contributed by atoms with E-state index in [0.717, 1.165) is 30.5 Å². The highest BCUT2D eigenvalue weighted by molar-refractivity contribution is 6.07. The molecule has 1 heterocycles. The molecule has 2 aromatic rings. The molecule has 5 heteroatoms. The van der Waals surface area contributed by atoms with Gasteiger partial charge >= 0.3 is 0 Å². The van der Waals surface area contributed by atoms with E-state index < -0.39 is 0 Å². The first-order valence-electron chi connectivity index (χ1n) is 10.1. The quantitative estimate of drug-likeness (QED) is 0.432. The standard InChI is InChI=1S/C24H28N4O/c1-3-18-5-7-20(8-6-18)11-14-22(29)17-23(28(25)24-26-15-16-27-24)21-12-9-19(4-2)10-13-21/h5-14,17H,3-4,15-16,25H2,1-2H3,(H,26,27). The highest BCUT2D eigenvalue weighted by Gasteiger charge is 2.17. The predicted molar refractivity (Wildman–Crippen MR) is 120 cm³/mol. The third kappa shape index (κ3) is 5.42. The number of allylic oxidation sites excluding steroid dienone is 2. The van der Waals surface area contributed by atoms with E-state index in [1.807, 2.05) is 30.3 Å². The van der Waals surface area contributed by atoms with Crippen LogP contribution in [0.1, 0.15) is 36.1 Å². The van der Waals surface area contributed by atoms with Gasteiger partial charge in [-0.1, -0.05) is 68.5 Å². The van der Waals surface area contributed by atoms with Crippen LogP contribution in [0.5, 0.6) is 0 Å². The summed E-state index contributed by atoms with van der Waals surface area (Å²) in [5.74, 6) is 6.75. The van der Waals surface area contributed by atoms with Crippen molar-refractivity contribution in [2.75, 3.05) is 13.1 Å². The number of ketones is 1. The van der Waals surface area contributed by atoms with E-state index in [0.29, 0.717) is 18.2 Å². The molecular formula is C24H28N4O. The van der Waals surface area contributed by atoms with Crippen LogP contribution in [0.25, 0.3) is 11.8 Å². The molecular weight excluding hydrogens is 360 g/mol. The maximum absolute atomic E-state index is 12.7. The number of hydrazine groups is 1. The summed E-state index contributed by atoms with van der Waals surface area (Å²) in [6.45, 7) is 5.65. The monoisotopic (exact) mass is 388 g/mol. The van der Waals surface area contributed by atoms with E-state index in [-0.39, 0.29) is 5.78 Å². The van der Waals surface area contributed by atoms with Crippen molar-refractivity contribution in [2.24, 2.45) is 10.8 Å². The average Bonchev–Trinajstić information content (AvgIpc) is 3.31. The number of nitrogens with zero attached hydrogens (tertiary/aromatic N) is 2. The molecule has 0 atom stereocenters. The molecule has 0 aliphatic carbocycles. The van der Waals surface area contributed by atoms with Crippen molar-refractivity contribution >= 4 is 23.5 Å². The first-order chi connectivity index (χ1) is 14.1. The molecule has 0 aromatic heterocycles. The molecule has 1 aliphatic heterocycles. The number of rotatable bonds is 7. The van der Waals surface area contributed by atoms with Gasteiger partial charge in [0.2, 0.25) is 5.96 Å². The van der Waals surface area contributed by atoms with Crippen molar-refractivity contribution in [3.05, 3.63) is 82.9 Å². The molecule has 1 aliphatic rings. The molecule has 0 radical (unpaired) electrons. The van der Waals surface area contributed by atoms with Gasteiger partial charge in [-0.15, -0.1) is 0 Å². The first kappa shape index (κ1) is 20.6. The zero-order valence-corrected chi connectivity index (χ0v) is 17.1. The van der Waals surface area contributed by atoms with Crippen LogP contribution >= 0.6 is 0 Å². The van der Waals surface area contributed by atoms with E-state index in [1.54, 1.807) is 12.2 Å². The zero-order valence-electron chi connectivity index (χ0n) is 17.1. The summed E-state index contributed by atoms with van der Waals surface area (Å²) in [6.07, 6.45) is 6.90. The summed E-state index contributed by atoms with van der Waals surface area (Å²) in [5.41, 5.74) is 4.97. The van der Waals surface area contributed by atoms with Crippen molar-refractivity contribution in [3.8, 4) is 0 Å². The number of guanidine groups is 1. The van der Waals surface area contributed by atoms with Crippen LogP contribution < -0.4 is 11.2 Å². The molecule has 0 unspecified atom stereocenters. The molecule has 0 amide bonds. The summed E-state index contributed by atoms with van der Waals surface area (Å²) in [5, 5.41) is 4.61. The highest BCUT2D eigenvalue weighted by Crippen LogP contribution is 2.19. The van der Waals surface area contributed by atoms with Crippen molar-refractivity contribution in [1.82, 2.24) is 10.3 Å². The Labute approximate surface area is 172 Å². The molecule has 3 rings (SSSR count). The summed E-state index contributed by atoms with van der Waals surface area (Å²) < 4.78 is 0. The Morgan fingerprint density at radius 1 is 1.07 bits per heavy atom. The number of carbonyl (C=O) groups is 1. The minimum atomic E-state index is -0.131. The topological polar surface area (TPSA) is 70.7 Å². The smallest absolute Gasteiger partial charge is 0.213 e. The molecule has 0 bridgehead atoms. The summed E-state index contributed by atoms with van der Waals surface area (Å²) in [4.78, 5) is 17.0. The fraction of sp³-hybridized carbons (Fsp3) is 0.250. The molecule has 29 heavy (non-hydrogen) atoms. The van der Waals surface area contributed by atoms with Gasteiger partial charge in [-0.05, 0) is 41.2 Å². The fourth-order valence-corrected chi connectivity index (χ4v) is 3.09. The second-order valence-electron chi connectivity index (χ2n) is 6.91. The summed E-state index contributed by atoms with van der Waals surface area (Å²) in [7, 11) is 0. The van der Waals surface area contributed by atoms with Crippen molar-refractivity contribution in [1.29, 1.82) is 0 Å². The van der Waals surface area contributed by atoms with Gasteiger partial charge in [0.05, 0.1) is 12.2 Å². The van der Waals surface area contributed by atoms with E-state index in [1.165, 1.54) is 16.1 Å². The lowest BCUT2D eigenvalue weighted by molar-refractivity contribution is -0.110. The molecule has 0 saturated heterocycles. The number of nitrogens with one attached hydrogen (secondary N) is 1. The third-order valence-electron chi connectivity index (χ3n) is 4.91. The predicted octanol–water partition coefficient (Wildman–Crippen LogP) is 3.57. The fourth-order valence-electron chi connectivity index (χ4n) is 3.09. The first-order valence-corrected chi connectivity index (χ1v) is 10.1. The summed E-state index contributed by atoms with van der Waals surface area (Å²) in [6, 6.07) is 16.3. The Bertz CT molecular complexity index is 924. The van der Waals surface area contributed by atoms with Crippen molar-refractivity contribution in [3.63, 3.8) is 0 Å². The second-order valence-corrected chi connectivity index (χ2v) is 6.91. The maximum Gasteiger partial charge on any atom is 0.213 e. The molecule has 0 saturated carbocycles. The lowest BCUT2D eigenvalue weighted by Crippen LogP contribution is -2.42. The van der Waals surface area contributed by atoms with Crippen molar-refractivity contribution < 1.29 is 4.79 Å². The van der Waals surface area contributed by atoms with Gasteiger partial charge in [0.15, 0.2) is 5.78 Å². The Morgan fingerprint density at radius 3 is 2.24 bits per heavy atom. The van der Waals surface area contributed by atoms with Crippen LogP contribution in [0, 0.1) is 0 Å². The number of benzene rings is 2. The SMILES string of the molecule is CCc1ccc(C=CC(=O)C=C(c2ccc(CC)cc2)N(N)C2=NCCN2)cc1. The summed E-state index contributed by atoms with van der Waals surface area (Å²) >= 11 is 0. The number of nitrogens with two attached hydrogens (primary N) is 1. The van der Waals surface area contributed by atoms with Crippen LogP contribution in [0.3, 0.4) is 0 Å². The number of aryl methyl sites for hydroxylation is 2. The minimum Gasteiger partial charge on any atom is -0.353 e. The van der Waals surface area contributed by atoms with Gasteiger partial charge in [0.1, 0.15) is 0 Å². The Kier molecular flexibility index (Phi) is 6.98. The van der Waals surface area contributed by atoms with E-state index in [2.05, 4.69) is 48.4 Å². The van der Waals surface area contributed by atoms with Crippen molar-refractivity contribution in [2.45, 2.75) is 26.7 Å². The van der Waals surface area contributed by atoms with Gasteiger partial charge in [-0.25, -0.2) is 15.8 Å². The zero-order chi connectivity index (χ0) is 20.6. The molecule has 2 aromatic carbocycles. The van der Waals surface area contributed by atoms with Gasteiger partial charge in [-0.3, -0.25) is 4.79 Å². The molecule has 3 N–H and O–H groups in total. The lowest BCUT2D eigenvalue weighted by atomic mass is 10.1. The van der Waals surface area contributed by atoms with Crippen LogP contribution in [-0.4, -0.2) is 29.8 Å². The normalized spacial score (nSPS) is 14.0. The van der Waals surface area contributed by atoms with Crippen LogP contribution in [-0.2, 0) is 17.6 Å². The average molecular weight is 389 g/mol. The maximum atomic E-state index is 12.7. The van der Waals surface area contributed by atoms with Gasteiger partial charge in [0, 0.05) is 12.6 Å². The van der Waals surface area contributed by atoms with Gasteiger partial charge in [0.25, 0.3) is 0 Å². The van der Waals surface area contributed by atoms with E-state index >= 15 is 0 Å². The Balaban J connectivity index is 1.85. The number of aliphatic imine (C=N–C) groups is 1. The Hall–Kier alpha value is -3.18. The van der Waals surface area contributed by atoms with Crippen LogP contribution in [0.2, 0.25) is 0 Å². The molecule has 5 nitrogen and oxygen atoms in total. The Morgan fingerprint density at radius 2 is 1.69 bits per heavy atom.